The molecule has 3 N–H and O–H groups in total. The van der Waals surface area contributed by atoms with Gasteiger partial charge in [0.1, 0.15) is 17.1 Å². The molecule has 1 aromatic heterocycles. The second-order valence-electron chi connectivity index (χ2n) is 8.40. The molecule has 2 aliphatic heterocycles. The first kappa shape index (κ1) is 22.7. The van der Waals surface area contributed by atoms with Crippen LogP contribution in [0.25, 0.3) is 0 Å². The number of hydrogen-bond acceptors (Lipinski definition) is 7. The van der Waals surface area contributed by atoms with E-state index >= 15 is 0 Å². The molecular formula is C23H28FN5O2S. The van der Waals surface area contributed by atoms with Crippen molar-refractivity contribution in [3.63, 3.8) is 0 Å². The summed E-state index contributed by atoms with van der Waals surface area (Å²) in [6.07, 6.45) is 5.38. The maximum atomic E-state index is 15.0. The summed E-state index contributed by atoms with van der Waals surface area (Å²) in [5.74, 6) is 0.355. The van der Waals surface area contributed by atoms with Crippen molar-refractivity contribution in [2.45, 2.75) is 45.1 Å². The lowest BCUT2D eigenvalue weighted by Crippen LogP contribution is -2.48. The van der Waals surface area contributed by atoms with Gasteiger partial charge in [-0.2, -0.15) is 0 Å². The zero-order valence-corrected chi connectivity index (χ0v) is 19.3. The average molecular weight is 458 g/mol. The normalized spacial score (nSPS) is 26.4. The van der Waals surface area contributed by atoms with E-state index in [1.807, 2.05) is 20.8 Å². The fourth-order valence-electron chi connectivity index (χ4n) is 4.12. The third-order valence-corrected chi connectivity index (χ3v) is 7.31. The van der Waals surface area contributed by atoms with Gasteiger partial charge in [-0.15, -0.1) is 0 Å². The summed E-state index contributed by atoms with van der Waals surface area (Å²) in [7, 11) is 0. The zero-order chi connectivity index (χ0) is 22.9. The van der Waals surface area contributed by atoms with Crippen LogP contribution in [0.15, 0.2) is 35.6 Å². The smallest absolute Gasteiger partial charge is 0.275 e. The monoisotopic (exact) mass is 457 g/mol. The average Bonchev–Trinajstić information content (AvgIpc) is 3.59. The van der Waals surface area contributed by atoms with E-state index in [0.29, 0.717) is 34.7 Å². The number of nitrogens with two attached hydrogens (primary N) is 1. The van der Waals surface area contributed by atoms with Crippen LogP contribution >= 0.6 is 11.8 Å². The number of nitrogens with one attached hydrogen (secondary N) is 1. The van der Waals surface area contributed by atoms with Crippen LogP contribution in [0.2, 0.25) is 0 Å². The van der Waals surface area contributed by atoms with Crippen molar-refractivity contribution in [3.05, 3.63) is 53.4 Å². The van der Waals surface area contributed by atoms with Gasteiger partial charge in [-0.1, -0.05) is 32.5 Å². The molecule has 1 aliphatic carbocycles. The number of aromatic nitrogens is 2. The van der Waals surface area contributed by atoms with E-state index in [9.17, 15) is 9.18 Å². The molecule has 9 heteroatoms. The van der Waals surface area contributed by atoms with Crippen molar-refractivity contribution < 1.29 is 13.9 Å². The molecule has 1 saturated heterocycles. The lowest BCUT2D eigenvalue weighted by atomic mass is 9.70. The Morgan fingerprint density at radius 1 is 1.25 bits per heavy atom. The highest BCUT2D eigenvalue weighted by Crippen LogP contribution is 2.53. The minimum atomic E-state index is -0.918. The molecule has 1 amide bonds. The maximum absolute atomic E-state index is 15.0. The molecule has 0 radical (unpaired) electrons. The number of anilines is 1. The molecule has 7 nitrogen and oxygen atoms in total. The topological polar surface area (TPSA) is 102 Å². The van der Waals surface area contributed by atoms with Crippen LogP contribution in [0.5, 0.6) is 0 Å². The number of halogens is 1. The number of nitrogens with zero attached hydrogens (tertiary/aromatic N) is 3. The summed E-state index contributed by atoms with van der Waals surface area (Å²) >= 11 is 1.45. The molecule has 0 spiro atoms. The predicted molar refractivity (Wildman–Crippen MR) is 124 cm³/mol. The van der Waals surface area contributed by atoms with Gasteiger partial charge in [0.15, 0.2) is 5.17 Å². The number of hydrogen-bond donors (Lipinski definition) is 2. The maximum Gasteiger partial charge on any atom is 0.275 e. The number of carbonyl (C=O) groups is 1. The number of rotatable bonds is 4. The Hall–Kier alpha value is -2.52. The number of thioether (sulfide) groups is 1. The molecule has 3 heterocycles. The quantitative estimate of drug-likeness (QED) is 0.718. The van der Waals surface area contributed by atoms with Gasteiger partial charge in [0.25, 0.3) is 5.91 Å². The minimum Gasteiger partial charge on any atom is -0.379 e. The predicted octanol–water partition coefficient (Wildman–Crippen LogP) is 4.06. The van der Waals surface area contributed by atoms with Crippen LogP contribution in [-0.2, 0) is 10.3 Å². The van der Waals surface area contributed by atoms with Crippen LogP contribution in [-0.4, -0.2) is 40.0 Å². The van der Waals surface area contributed by atoms with Gasteiger partial charge in [0.05, 0.1) is 25.1 Å². The van der Waals surface area contributed by atoms with Gasteiger partial charge >= 0.3 is 0 Å². The third-order valence-electron chi connectivity index (χ3n) is 6.14. The van der Waals surface area contributed by atoms with Crippen LogP contribution in [0.4, 0.5) is 10.1 Å². The summed E-state index contributed by atoms with van der Waals surface area (Å²) in [6.45, 7) is 6.74. The summed E-state index contributed by atoms with van der Waals surface area (Å²) in [5, 5.41) is 3.21. The fourth-order valence-corrected chi connectivity index (χ4v) is 5.13. The van der Waals surface area contributed by atoms with E-state index in [0.717, 1.165) is 18.5 Å². The molecule has 5 rings (SSSR count). The van der Waals surface area contributed by atoms with Crippen LogP contribution in [0, 0.1) is 11.2 Å². The van der Waals surface area contributed by atoms with Gasteiger partial charge < -0.3 is 15.8 Å². The highest BCUT2D eigenvalue weighted by atomic mass is 32.2. The van der Waals surface area contributed by atoms with E-state index in [4.69, 9.17) is 10.5 Å². The number of ether oxygens (including phenoxy) is 1. The van der Waals surface area contributed by atoms with E-state index in [1.54, 1.807) is 12.3 Å². The van der Waals surface area contributed by atoms with E-state index in [-0.39, 0.29) is 12.3 Å². The molecule has 32 heavy (non-hydrogen) atoms. The Kier molecular flexibility index (Phi) is 6.22. The Balaban J connectivity index is 0.00000119. The van der Waals surface area contributed by atoms with E-state index in [1.165, 1.54) is 30.1 Å². The summed E-state index contributed by atoms with van der Waals surface area (Å²) in [5.41, 5.74) is 6.66. The van der Waals surface area contributed by atoms with Crippen LogP contribution < -0.4 is 11.1 Å². The molecule has 1 aromatic carbocycles. The van der Waals surface area contributed by atoms with Gasteiger partial charge in [-0.05, 0) is 31.0 Å². The first-order valence-electron chi connectivity index (χ1n) is 10.9. The highest BCUT2D eigenvalue weighted by molar-refractivity contribution is 8.13. The first-order chi connectivity index (χ1) is 15.4. The number of benzene rings is 1. The minimum absolute atomic E-state index is 0.216. The van der Waals surface area contributed by atoms with E-state index in [2.05, 4.69) is 20.3 Å². The van der Waals surface area contributed by atoms with Crippen LogP contribution in [0.1, 0.15) is 61.3 Å². The Morgan fingerprint density at radius 3 is 2.72 bits per heavy atom. The summed E-state index contributed by atoms with van der Waals surface area (Å²) < 4.78 is 20.7. The highest BCUT2D eigenvalue weighted by Gasteiger charge is 2.57. The fraction of sp³-hybridized carbons (Fsp3) is 0.478. The van der Waals surface area contributed by atoms with Crippen molar-refractivity contribution in [1.29, 1.82) is 0 Å². The second kappa shape index (κ2) is 8.78. The molecule has 2 fully saturated rings. The molecule has 2 aromatic rings. The third kappa shape index (κ3) is 3.99. The molecular weight excluding hydrogens is 429 g/mol. The standard InChI is InChI=1S/C21H22FN5O2S.C2H6/c1-20-9-29-10-21(20,27-19(23)30-11-20)14-6-13(4-5-15(14)22)26-18(28)17-8-24-16(7-25-17)12-2-3-12;1-2/h4-8,12H,2-3,9-11H2,1H3,(H2,23,27)(H,26,28);1-2H3/t20-,21+;/m0./s1. The number of amides is 1. The number of fused-ring (bicyclic) bond motifs is 1. The Morgan fingerprint density at radius 2 is 2.03 bits per heavy atom. The summed E-state index contributed by atoms with van der Waals surface area (Å²) in [6, 6.07) is 4.49. The lowest BCUT2D eigenvalue weighted by Gasteiger charge is -2.42. The zero-order valence-electron chi connectivity index (χ0n) is 18.5. The number of aliphatic imine (C=N–C) groups is 1. The van der Waals surface area contributed by atoms with Crippen molar-refractivity contribution in [2.75, 3.05) is 24.3 Å². The van der Waals surface area contributed by atoms with Crippen molar-refractivity contribution in [2.24, 2.45) is 16.1 Å². The van der Waals surface area contributed by atoms with Gasteiger partial charge in [-0.3, -0.25) is 9.78 Å². The lowest BCUT2D eigenvalue weighted by molar-refractivity contribution is 0.102. The molecule has 170 valence electrons. The second-order valence-corrected chi connectivity index (χ2v) is 9.40. The molecule has 2 atom stereocenters. The molecule has 0 bridgehead atoms. The van der Waals surface area contributed by atoms with Crippen molar-refractivity contribution >= 4 is 28.5 Å². The molecule has 0 unspecified atom stereocenters. The van der Waals surface area contributed by atoms with Gasteiger partial charge in [0, 0.05) is 34.5 Å². The largest absolute Gasteiger partial charge is 0.379 e. The molecule has 1 saturated carbocycles. The van der Waals surface area contributed by atoms with Crippen molar-refractivity contribution in [1.82, 2.24) is 9.97 Å². The molecule has 3 aliphatic rings. The number of amidine groups is 1. The first-order valence-corrected chi connectivity index (χ1v) is 11.9. The van der Waals surface area contributed by atoms with Crippen molar-refractivity contribution in [3.8, 4) is 0 Å². The number of carbonyl (C=O) groups excluding carboxylic acids is 1. The van der Waals surface area contributed by atoms with Crippen LogP contribution in [0.3, 0.4) is 0 Å². The Bertz CT molecular complexity index is 1040. The van der Waals surface area contributed by atoms with Gasteiger partial charge in [-0.25, -0.2) is 14.4 Å². The van der Waals surface area contributed by atoms with Gasteiger partial charge in [0.2, 0.25) is 0 Å². The SMILES string of the molecule is CC.C[C@@]12COC[C@]1(c1cc(NC(=O)c3cnc(C4CC4)cn3)ccc1F)N=C(N)SC2. The Labute approximate surface area is 191 Å². The van der Waals surface area contributed by atoms with E-state index < -0.39 is 22.7 Å². The summed E-state index contributed by atoms with van der Waals surface area (Å²) in [4.78, 5) is 25.9.